The van der Waals surface area contributed by atoms with E-state index in [2.05, 4.69) is 10.6 Å². The van der Waals surface area contributed by atoms with Crippen LogP contribution in [-0.2, 0) is 16.0 Å². The summed E-state index contributed by atoms with van der Waals surface area (Å²) < 4.78 is 5.50. The zero-order chi connectivity index (χ0) is 19.9. The van der Waals surface area contributed by atoms with Crippen LogP contribution < -0.4 is 21.1 Å². The summed E-state index contributed by atoms with van der Waals surface area (Å²) in [6, 6.07) is 16.6. The molecule has 4 N–H and O–H groups in total. The molecule has 1 unspecified atom stereocenters. The van der Waals surface area contributed by atoms with Crippen molar-refractivity contribution in [1.29, 1.82) is 0 Å². The molecular formula is C22H28ClN3O3. The number of carbonyl (C=O) groups excluding carboxylic acids is 2. The van der Waals surface area contributed by atoms with E-state index in [-0.39, 0.29) is 36.9 Å². The highest BCUT2D eigenvalue weighted by Crippen LogP contribution is 2.19. The van der Waals surface area contributed by atoms with E-state index in [9.17, 15) is 9.59 Å². The van der Waals surface area contributed by atoms with Crippen LogP contribution in [0.5, 0.6) is 5.75 Å². The second kappa shape index (κ2) is 10.8. The van der Waals surface area contributed by atoms with E-state index < -0.39 is 6.04 Å². The summed E-state index contributed by atoms with van der Waals surface area (Å²) in [5.74, 6) is 0.335. The molecule has 2 atom stereocenters. The van der Waals surface area contributed by atoms with Gasteiger partial charge in [0.15, 0.2) is 6.61 Å². The number of carbonyl (C=O) groups is 2. The standard InChI is InChI=1S/C22H27N3O3.ClH/c1-15(24-22(27)20(23)13-16-5-3-2-4-6-16)17-7-11-19(12-8-17)28-14-21(26)25-18-9-10-18;/h2-8,11-12,15,18,20H,9-10,13-14,23H2,1H3,(H,24,27)(H,25,26);1H/t15?,20-;/m0./s1. The molecule has 1 aliphatic rings. The number of hydrogen-bond acceptors (Lipinski definition) is 4. The van der Waals surface area contributed by atoms with Gasteiger partial charge in [-0.25, -0.2) is 0 Å². The van der Waals surface area contributed by atoms with Crippen LogP contribution in [0.3, 0.4) is 0 Å². The van der Waals surface area contributed by atoms with Crippen molar-refractivity contribution in [3.05, 3.63) is 65.7 Å². The normalized spacial score (nSPS) is 14.8. The first-order valence-electron chi connectivity index (χ1n) is 9.63. The fraction of sp³-hybridized carbons (Fsp3) is 0.364. The molecule has 0 heterocycles. The molecule has 7 heteroatoms. The van der Waals surface area contributed by atoms with E-state index >= 15 is 0 Å². The average molecular weight is 418 g/mol. The second-order valence-electron chi connectivity index (χ2n) is 7.23. The third-order valence-corrected chi connectivity index (χ3v) is 4.69. The Balaban J connectivity index is 0.00000300. The van der Waals surface area contributed by atoms with Crippen molar-refractivity contribution in [2.45, 2.75) is 44.3 Å². The Morgan fingerprint density at radius 1 is 1.10 bits per heavy atom. The molecule has 0 aliphatic heterocycles. The SMILES string of the molecule is CC(NC(=O)[C@@H](N)Cc1ccccc1)c1ccc(OCC(=O)NC2CC2)cc1.Cl. The lowest BCUT2D eigenvalue weighted by Crippen LogP contribution is -2.42. The summed E-state index contributed by atoms with van der Waals surface area (Å²) >= 11 is 0. The average Bonchev–Trinajstić information content (AvgIpc) is 3.51. The van der Waals surface area contributed by atoms with Crippen molar-refractivity contribution in [1.82, 2.24) is 10.6 Å². The number of halogens is 1. The van der Waals surface area contributed by atoms with Gasteiger partial charge in [-0.1, -0.05) is 42.5 Å². The monoisotopic (exact) mass is 417 g/mol. The summed E-state index contributed by atoms with van der Waals surface area (Å²) in [7, 11) is 0. The van der Waals surface area contributed by atoms with Gasteiger partial charge < -0.3 is 21.1 Å². The smallest absolute Gasteiger partial charge is 0.258 e. The van der Waals surface area contributed by atoms with E-state index in [1.807, 2.05) is 49.4 Å². The first-order valence-corrected chi connectivity index (χ1v) is 9.63. The van der Waals surface area contributed by atoms with Gasteiger partial charge in [0.05, 0.1) is 12.1 Å². The maximum atomic E-state index is 12.4. The van der Waals surface area contributed by atoms with Gasteiger partial charge in [0.2, 0.25) is 5.91 Å². The van der Waals surface area contributed by atoms with Crippen molar-refractivity contribution >= 4 is 24.2 Å². The van der Waals surface area contributed by atoms with Crippen molar-refractivity contribution in [2.24, 2.45) is 5.73 Å². The minimum absolute atomic E-state index is 0. The summed E-state index contributed by atoms with van der Waals surface area (Å²) in [6.07, 6.45) is 2.60. The predicted octanol–water partition coefficient (Wildman–Crippen LogP) is 2.51. The number of nitrogens with one attached hydrogen (secondary N) is 2. The molecule has 2 amide bonds. The lowest BCUT2D eigenvalue weighted by Gasteiger charge is -2.18. The quantitative estimate of drug-likeness (QED) is 0.584. The van der Waals surface area contributed by atoms with Crippen LogP contribution in [0.15, 0.2) is 54.6 Å². The third-order valence-electron chi connectivity index (χ3n) is 4.69. The molecule has 0 radical (unpaired) electrons. The molecule has 1 fully saturated rings. The Hall–Kier alpha value is -2.57. The third kappa shape index (κ3) is 7.40. The number of ether oxygens (including phenoxy) is 1. The van der Waals surface area contributed by atoms with E-state index in [1.54, 1.807) is 12.1 Å². The van der Waals surface area contributed by atoms with Crippen LogP contribution in [0.2, 0.25) is 0 Å². The van der Waals surface area contributed by atoms with E-state index in [1.165, 1.54) is 0 Å². The van der Waals surface area contributed by atoms with Gasteiger partial charge in [-0.15, -0.1) is 12.4 Å². The summed E-state index contributed by atoms with van der Waals surface area (Å²) in [5.41, 5.74) is 8.01. The fourth-order valence-corrected chi connectivity index (χ4v) is 2.86. The molecule has 29 heavy (non-hydrogen) atoms. The van der Waals surface area contributed by atoms with E-state index in [0.717, 1.165) is 24.0 Å². The van der Waals surface area contributed by atoms with E-state index in [0.29, 0.717) is 18.2 Å². The Morgan fingerprint density at radius 3 is 2.38 bits per heavy atom. The number of hydrogen-bond donors (Lipinski definition) is 3. The molecule has 0 saturated heterocycles. The van der Waals surface area contributed by atoms with Crippen LogP contribution in [-0.4, -0.2) is 30.5 Å². The lowest BCUT2D eigenvalue weighted by molar-refractivity contribution is -0.123. The van der Waals surface area contributed by atoms with Crippen molar-refractivity contribution < 1.29 is 14.3 Å². The largest absolute Gasteiger partial charge is 0.484 e. The van der Waals surface area contributed by atoms with Crippen LogP contribution in [0, 0.1) is 0 Å². The van der Waals surface area contributed by atoms with Gasteiger partial charge in [-0.2, -0.15) is 0 Å². The van der Waals surface area contributed by atoms with Crippen LogP contribution in [0.25, 0.3) is 0 Å². The first-order chi connectivity index (χ1) is 13.5. The minimum Gasteiger partial charge on any atom is -0.484 e. The van der Waals surface area contributed by atoms with Crippen molar-refractivity contribution in [2.75, 3.05) is 6.61 Å². The van der Waals surface area contributed by atoms with Crippen LogP contribution in [0.4, 0.5) is 0 Å². The molecule has 2 aromatic carbocycles. The van der Waals surface area contributed by atoms with Crippen molar-refractivity contribution in [3.63, 3.8) is 0 Å². The number of nitrogens with two attached hydrogens (primary N) is 1. The zero-order valence-corrected chi connectivity index (χ0v) is 17.3. The van der Waals surface area contributed by atoms with Gasteiger partial charge in [0.25, 0.3) is 5.91 Å². The molecule has 6 nitrogen and oxygen atoms in total. The highest BCUT2D eigenvalue weighted by atomic mass is 35.5. The van der Waals surface area contributed by atoms with Gasteiger partial charge in [-0.3, -0.25) is 9.59 Å². The fourth-order valence-electron chi connectivity index (χ4n) is 2.86. The Kier molecular flexibility index (Phi) is 8.49. The Bertz CT molecular complexity index is 795. The van der Waals surface area contributed by atoms with E-state index in [4.69, 9.17) is 10.5 Å². The first kappa shape index (κ1) is 22.7. The second-order valence-corrected chi connectivity index (χ2v) is 7.23. The molecule has 0 bridgehead atoms. The summed E-state index contributed by atoms with van der Waals surface area (Å²) in [5, 5.41) is 5.83. The Labute approximate surface area is 177 Å². The molecule has 156 valence electrons. The molecule has 1 saturated carbocycles. The van der Waals surface area contributed by atoms with Gasteiger partial charge >= 0.3 is 0 Å². The van der Waals surface area contributed by atoms with Gasteiger partial charge in [0, 0.05) is 6.04 Å². The lowest BCUT2D eigenvalue weighted by atomic mass is 10.0. The highest BCUT2D eigenvalue weighted by molar-refractivity contribution is 5.85. The topological polar surface area (TPSA) is 93.5 Å². The van der Waals surface area contributed by atoms with Crippen LogP contribution in [0.1, 0.15) is 36.9 Å². The zero-order valence-electron chi connectivity index (χ0n) is 16.5. The maximum Gasteiger partial charge on any atom is 0.258 e. The summed E-state index contributed by atoms with van der Waals surface area (Å²) in [4.78, 5) is 24.0. The predicted molar refractivity (Wildman–Crippen MR) is 115 cm³/mol. The number of benzene rings is 2. The minimum atomic E-state index is -0.600. The molecule has 0 spiro atoms. The van der Waals surface area contributed by atoms with Gasteiger partial charge in [0.1, 0.15) is 5.75 Å². The van der Waals surface area contributed by atoms with Crippen molar-refractivity contribution in [3.8, 4) is 5.75 Å². The number of amides is 2. The number of rotatable bonds is 9. The maximum absolute atomic E-state index is 12.4. The summed E-state index contributed by atoms with van der Waals surface area (Å²) in [6.45, 7) is 1.92. The highest BCUT2D eigenvalue weighted by Gasteiger charge is 2.23. The van der Waals surface area contributed by atoms with Crippen LogP contribution >= 0.6 is 12.4 Å². The Morgan fingerprint density at radius 2 is 1.76 bits per heavy atom. The van der Waals surface area contributed by atoms with Gasteiger partial charge in [-0.05, 0) is 49.4 Å². The molecular weight excluding hydrogens is 390 g/mol. The molecule has 3 rings (SSSR count). The molecule has 0 aromatic heterocycles. The molecule has 2 aromatic rings. The molecule has 1 aliphatic carbocycles.